The number of thioether (sulfide) groups is 1. The van der Waals surface area contributed by atoms with Crippen molar-refractivity contribution in [2.24, 2.45) is 0 Å². The summed E-state index contributed by atoms with van der Waals surface area (Å²) in [5.41, 5.74) is 8.45. The monoisotopic (exact) mass is 270 g/mol. The number of nitrogen functional groups attached to an aromatic ring is 1. The molecule has 0 saturated heterocycles. The van der Waals surface area contributed by atoms with Crippen LogP contribution in [0, 0.1) is 11.3 Å². The van der Waals surface area contributed by atoms with E-state index < -0.39 is 0 Å². The third-order valence-electron chi connectivity index (χ3n) is 2.67. The second-order valence-electron chi connectivity index (χ2n) is 4.00. The Balaban J connectivity index is 2.12. The van der Waals surface area contributed by atoms with Gasteiger partial charge >= 0.3 is 0 Å². The van der Waals surface area contributed by atoms with Crippen LogP contribution in [-0.2, 0) is 5.75 Å². The summed E-state index contributed by atoms with van der Waals surface area (Å²) in [6.07, 6.45) is 0. The molecule has 0 atom stereocenters. The zero-order valence-corrected chi connectivity index (χ0v) is 11.4. The van der Waals surface area contributed by atoms with Crippen LogP contribution in [0.15, 0.2) is 47.4 Å². The van der Waals surface area contributed by atoms with Gasteiger partial charge in [0.1, 0.15) is 5.75 Å². The highest BCUT2D eigenvalue weighted by Gasteiger charge is 2.03. The van der Waals surface area contributed by atoms with E-state index in [1.807, 2.05) is 36.4 Å². The zero-order valence-electron chi connectivity index (χ0n) is 10.6. The second-order valence-corrected chi connectivity index (χ2v) is 5.02. The Labute approximate surface area is 117 Å². The molecule has 0 saturated carbocycles. The van der Waals surface area contributed by atoms with Crippen molar-refractivity contribution in [1.82, 2.24) is 0 Å². The third kappa shape index (κ3) is 3.43. The van der Waals surface area contributed by atoms with Crippen molar-refractivity contribution >= 4 is 17.4 Å². The molecule has 4 heteroatoms. The SMILES string of the molecule is COc1ccc(N)c(SCc2cccc(C#N)c2)c1. The topological polar surface area (TPSA) is 59.0 Å². The van der Waals surface area contributed by atoms with E-state index >= 15 is 0 Å². The average molecular weight is 270 g/mol. The summed E-state index contributed by atoms with van der Waals surface area (Å²) in [5.74, 6) is 1.56. The standard InChI is InChI=1S/C15H14N2OS/c1-18-13-5-6-14(17)15(8-13)19-10-12-4-2-3-11(7-12)9-16/h2-8H,10,17H2,1H3. The van der Waals surface area contributed by atoms with Gasteiger partial charge in [-0.15, -0.1) is 11.8 Å². The van der Waals surface area contributed by atoms with E-state index in [9.17, 15) is 0 Å². The maximum absolute atomic E-state index is 8.87. The number of methoxy groups -OCH3 is 1. The number of nitriles is 1. The molecule has 0 bridgehead atoms. The third-order valence-corrected chi connectivity index (χ3v) is 3.81. The molecule has 2 N–H and O–H groups in total. The summed E-state index contributed by atoms with van der Waals surface area (Å²) >= 11 is 1.63. The number of rotatable bonds is 4. The van der Waals surface area contributed by atoms with Crippen LogP contribution >= 0.6 is 11.8 Å². The zero-order chi connectivity index (χ0) is 13.7. The predicted molar refractivity (Wildman–Crippen MR) is 78.1 cm³/mol. The van der Waals surface area contributed by atoms with Crippen molar-refractivity contribution in [1.29, 1.82) is 5.26 Å². The number of hydrogen-bond donors (Lipinski definition) is 1. The molecule has 0 spiro atoms. The number of nitrogens with two attached hydrogens (primary N) is 1. The molecule has 0 aliphatic rings. The van der Waals surface area contributed by atoms with E-state index in [2.05, 4.69) is 6.07 Å². The van der Waals surface area contributed by atoms with Crippen LogP contribution in [0.5, 0.6) is 5.75 Å². The summed E-state index contributed by atoms with van der Waals surface area (Å²) in [7, 11) is 1.64. The van der Waals surface area contributed by atoms with Gasteiger partial charge in [-0.2, -0.15) is 5.26 Å². The molecular weight excluding hydrogens is 256 g/mol. The van der Waals surface area contributed by atoms with E-state index in [4.69, 9.17) is 15.7 Å². The van der Waals surface area contributed by atoms with Crippen molar-refractivity contribution in [2.75, 3.05) is 12.8 Å². The molecule has 0 radical (unpaired) electrons. The van der Waals surface area contributed by atoms with E-state index in [-0.39, 0.29) is 0 Å². The van der Waals surface area contributed by atoms with Gasteiger partial charge in [-0.3, -0.25) is 0 Å². The van der Waals surface area contributed by atoms with Gasteiger partial charge in [0, 0.05) is 16.3 Å². The largest absolute Gasteiger partial charge is 0.497 e. The van der Waals surface area contributed by atoms with E-state index in [0.29, 0.717) is 5.56 Å². The maximum Gasteiger partial charge on any atom is 0.120 e. The smallest absolute Gasteiger partial charge is 0.120 e. The maximum atomic E-state index is 8.87. The molecular formula is C15H14N2OS. The Kier molecular flexibility index (Phi) is 4.32. The molecule has 2 aromatic rings. The van der Waals surface area contributed by atoms with Gasteiger partial charge in [0.2, 0.25) is 0 Å². The lowest BCUT2D eigenvalue weighted by Gasteiger charge is -2.08. The van der Waals surface area contributed by atoms with Crippen LogP contribution in [0.4, 0.5) is 5.69 Å². The molecule has 0 fully saturated rings. The van der Waals surface area contributed by atoms with Crippen LogP contribution in [0.1, 0.15) is 11.1 Å². The number of benzene rings is 2. The Morgan fingerprint density at radius 2 is 2.11 bits per heavy atom. The van der Waals surface area contributed by atoms with Gasteiger partial charge in [-0.25, -0.2) is 0 Å². The Morgan fingerprint density at radius 3 is 2.84 bits per heavy atom. The summed E-state index contributed by atoms with van der Waals surface area (Å²) < 4.78 is 5.19. The van der Waals surface area contributed by atoms with Crippen molar-refractivity contribution in [3.8, 4) is 11.8 Å². The first kappa shape index (κ1) is 13.3. The Morgan fingerprint density at radius 1 is 1.26 bits per heavy atom. The summed E-state index contributed by atoms with van der Waals surface area (Å²) in [6, 6.07) is 15.3. The summed E-state index contributed by atoms with van der Waals surface area (Å²) in [5, 5.41) is 8.87. The fourth-order valence-electron chi connectivity index (χ4n) is 1.66. The highest BCUT2D eigenvalue weighted by molar-refractivity contribution is 7.98. The molecule has 3 nitrogen and oxygen atoms in total. The number of hydrogen-bond acceptors (Lipinski definition) is 4. The molecule has 0 amide bonds. The summed E-state index contributed by atoms with van der Waals surface area (Å²) in [6.45, 7) is 0. The lowest BCUT2D eigenvalue weighted by atomic mass is 10.2. The summed E-state index contributed by atoms with van der Waals surface area (Å²) in [4.78, 5) is 0.988. The Bertz CT molecular complexity index is 620. The quantitative estimate of drug-likeness (QED) is 0.683. The second kappa shape index (κ2) is 6.17. The highest BCUT2D eigenvalue weighted by atomic mass is 32.2. The Hall–Kier alpha value is -2.12. The van der Waals surface area contributed by atoms with Gasteiger partial charge in [0.05, 0.1) is 18.7 Å². The lowest BCUT2D eigenvalue weighted by molar-refractivity contribution is 0.414. The van der Waals surface area contributed by atoms with Crippen LogP contribution in [0.3, 0.4) is 0 Å². The van der Waals surface area contributed by atoms with Crippen LogP contribution in [0.25, 0.3) is 0 Å². The molecule has 0 aliphatic heterocycles. The van der Waals surface area contributed by atoms with Crippen molar-refractivity contribution in [3.05, 3.63) is 53.6 Å². The van der Waals surface area contributed by atoms with Crippen molar-refractivity contribution in [3.63, 3.8) is 0 Å². The first-order valence-electron chi connectivity index (χ1n) is 5.78. The van der Waals surface area contributed by atoms with Gasteiger partial charge in [-0.1, -0.05) is 12.1 Å². The van der Waals surface area contributed by atoms with E-state index in [1.54, 1.807) is 24.9 Å². The number of anilines is 1. The number of ether oxygens (including phenoxy) is 1. The van der Waals surface area contributed by atoms with Gasteiger partial charge < -0.3 is 10.5 Å². The van der Waals surface area contributed by atoms with Crippen LogP contribution in [0.2, 0.25) is 0 Å². The van der Waals surface area contributed by atoms with Crippen LogP contribution in [-0.4, -0.2) is 7.11 Å². The predicted octanol–water partition coefficient (Wildman–Crippen LogP) is 3.44. The lowest BCUT2D eigenvalue weighted by Crippen LogP contribution is -1.91. The molecule has 2 aromatic carbocycles. The van der Waals surface area contributed by atoms with Gasteiger partial charge in [-0.05, 0) is 35.9 Å². The minimum Gasteiger partial charge on any atom is -0.497 e. The fraction of sp³-hybridized carbons (Fsp3) is 0.133. The van der Waals surface area contributed by atoms with E-state index in [1.165, 1.54) is 0 Å². The molecule has 19 heavy (non-hydrogen) atoms. The van der Waals surface area contributed by atoms with E-state index in [0.717, 1.165) is 27.6 Å². The molecule has 0 aromatic heterocycles. The molecule has 0 aliphatic carbocycles. The van der Waals surface area contributed by atoms with Gasteiger partial charge in [0.25, 0.3) is 0 Å². The highest BCUT2D eigenvalue weighted by Crippen LogP contribution is 2.31. The molecule has 2 rings (SSSR count). The first-order valence-corrected chi connectivity index (χ1v) is 6.77. The minimum atomic E-state index is 0.678. The van der Waals surface area contributed by atoms with Crippen molar-refractivity contribution in [2.45, 2.75) is 10.6 Å². The van der Waals surface area contributed by atoms with Gasteiger partial charge in [0.15, 0.2) is 0 Å². The van der Waals surface area contributed by atoms with Crippen LogP contribution < -0.4 is 10.5 Å². The molecule has 0 unspecified atom stereocenters. The average Bonchev–Trinajstić information content (AvgIpc) is 2.46. The molecule has 96 valence electrons. The minimum absolute atomic E-state index is 0.678. The normalized spacial score (nSPS) is 9.89. The fourth-order valence-corrected chi connectivity index (χ4v) is 2.59. The first-order chi connectivity index (χ1) is 9.22. The number of nitrogens with zero attached hydrogens (tertiary/aromatic N) is 1. The van der Waals surface area contributed by atoms with Crippen molar-refractivity contribution < 1.29 is 4.74 Å². The molecule has 0 heterocycles.